The Hall–Kier alpha value is -3.35. The van der Waals surface area contributed by atoms with Crippen LogP contribution in [0.25, 0.3) is 0 Å². The number of carboxylic acid groups (broad SMARTS) is 1. The van der Waals surface area contributed by atoms with Gasteiger partial charge >= 0.3 is 5.97 Å². The van der Waals surface area contributed by atoms with Gasteiger partial charge in [-0.2, -0.15) is 0 Å². The van der Waals surface area contributed by atoms with E-state index in [-0.39, 0.29) is 12.4 Å². The number of aliphatic imine (C=N–C) groups is 1. The Labute approximate surface area is 158 Å². The van der Waals surface area contributed by atoms with Gasteiger partial charge in [-0.3, -0.25) is 9.79 Å². The highest BCUT2D eigenvalue weighted by atomic mass is 16.4. The number of carbonyl (C=O) groups is 2. The van der Waals surface area contributed by atoms with Crippen molar-refractivity contribution in [2.24, 2.45) is 16.5 Å². The Morgan fingerprint density at radius 2 is 1.74 bits per heavy atom. The number of aliphatic carboxylic acids is 1. The molecule has 1 amide bonds. The number of rotatable bonds is 9. The Morgan fingerprint density at radius 3 is 2.41 bits per heavy atom. The monoisotopic (exact) mass is 368 g/mol. The summed E-state index contributed by atoms with van der Waals surface area (Å²) in [7, 11) is 0. The molecule has 0 spiro atoms. The topological polar surface area (TPSA) is 131 Å². The molecule has 1 atom stereocenters. The molecule has 2 aromatic carbocycles. The van der Waals surface area contributed by atoms with Crippen LogP contribution in [0.1, 0.15) is 34.3 Å². The number of nitrogens with two attached hydrogens (primary N) is 2. The zero-order valence-corrected chi connectivity index (χ0v) is 15.0. The lowest BCUT2D eigenvalue weighted by Gasteiger charge is -2.14. The highest BCUT2D eigenvalue weighted by Crippen LogP contribution is 2.12. The number of hydrogen-bond acceptors (Lipinski definition) is 3. The van der Waals surface area contributed by atoms with Gasteiger partial charge in [0.1, 0.15) is 6.04 Å². The molecule has 0 aliphatic rings. The molecule has 2 aromatic rings. The first-order valence-electron chi connectivity index (χ1n) is 8.67. The highest BCUT2D eigenvalue weighted by molar-refractivity contribution is 5.96. The van der Waals surface area contributed by atoms with Crippen LogP contribution in [0, 0.1) is 0 Å². The lowest BCUT2D eigenvalue weighted by Crippen LogP contribution is -2.40. The van der Waals surface area contributed by atoms with Crippen molar-refractivity contribution in [1.82, 2.24) is 5.32 Å². The van der Waals surface area contributed by atoms with Crippen LogP contribution in [-0.4, -0.2) is 35.5 Å². The van der Waals surface area contributed by atoms with E-state index in [1.54, 1.807) is 18.2 Å². The summed E-state index contributed by atoms with van der Waals surface area (Å²) in [6.45, 7) is 0.314. The summed E-state index contributed by atoms with van der Waals surface area (Å²) in [5.41, 5.74) is 13.0. The smallest absolute Gasteiger partial charge is 0.326 e. The van der Waals surface area contributed by atoms with E-state index >= 15 is 0 Å². The van der Waals surface area contributed by atoms with Crippen LogP contribution < -0.4 is 16.8 Å². The number of amides is 1. The quantitative estimate of drug-likeness (QED) is 0.303. The van der Waals surface area contributed by atoms with Gasteiger partial charge in [-0.15, -0.1) is 0 Å². The molecule has 0 bridgehead atoms. The summed E-state index contributed by atoms with van der Waals surface area (Å²) >= 11 is 0. The number of guanidine groups is 1. The van der Waals surface area contributed by atoms with Gasteiger partial charge in [0, 0.05) is 12.1 Å². The van der Waals surface area contributed by atoms with Crippen molar-refractivity contribution >= 4 is 17.8 Å². The largest absolute Gasteiger partial charge is 0.480 e. The maximum atomic E-state index is 12.5. The zero-order chi connectivity index (χ0) is 19.6. The molecule has 2 rings (SSSR count). The second-order valence-corrected chi connectivity index (χ2v) is 6.18. The van der Waals surface area contributed by atoms with Gasteiger partial charge in [-0.1, -0.05) is 42.5 Å². The molecule has 0 aliphatic heterocycles. The van der Waals surface area contributed by atoms with Crippen molar-refractivity contribution in [2.45, 2.75) is 25.3 Å². The third-order valence-corrected chi connectivity index (χ3v) is 3.99. The summed E-state index contributed by atoms with van der Waals surface area (Å²) in [6.07, 6.45) is 1.38. The van der Waals surface area contributed by atoms with Crippen molar-refractivity contribution in [3.05, 3.63) is 71.3 Å². The lowest BCUT2D eigenvalue weighted by atomic mass is 10.0. The first-order chi connectivity index (χ1) is 13.0. The fraction of sp³-hybridized carbons (Fsp3) is 0.250. The second kappa shape index (κ2) is 9.96. The Kier molecular flexibility index (Phi) is 7.37. The van der Waals surface area contributed by atoms with Gasteiger partial charge in [0.05, 0.1) is 0 Å². The number of hydrogen-bond donors (Lipinski definition) is 4. The van der Waals surface area contributed by atoms with Gasteiger partial charge in [0.2, 0.25) is 0 Å². The maximum Gasteiger partial charge on any atom is 0.326 e. The SMILES string of the molecule is NC(N)=NCCC[C@H](NC(=O)c1cccc(Cc2ccccc2)c1)C(=O)O. The Morgan fingerprint density at radius 1 is 1.04 bits per heavy atom. The van der Waals surface area contributed by atoms with Gasteiger partial charge in [0.15, 0.2) is 5.96 Å². The minimum absolute atomic E-state index is 0.0406. The number of carboxylic acids is 1. The number of carbonyl (C=O) groups excluding carboxylic acids is 1. The van der Waals surface area contributed by atoms with E-state index in [1.165, 1.54) is 0 Å². The van der Waals surface area contributed by atoms with Crippen LogP contribution in [0.15, 0.2) is 59.6 Å². The molecule has 27 heavy (non-hydrogen) atoms. The van der Waals surface area contributed by atoms with Crippen LogP contribution in [0.5, 0.6) is 0 Å². The van der Waals surface area contributed by atoms with Crippen LogP contribution >= 0.6 is 0 Å². The molecule has 0 aromatic heterocycles. The summed E-state index contributed by atoms with van der Waals surface area (Å²) in [4.78, 5) is 27.7. The molecule has 0 aliphatic carbocycles. The van der Waals surface area contributed by atoms with Gasteiger partial charge in [-0.05, 0) is 42.5 Å². The van der Waals surface area contributed by atoms with E-state index in [4.69, 9.17) is 11.5 Å². The molecule has 0 saturated heterocycles. The van der Waals surface area contributed by atoms with Crippen molar-refractivity contribution in [3.63, 3.8) is 0 Å². The normalized spacial score (nSPS) is 11.4. The van der Waals surface area contributed by atoms with E-state index in [2.05, 4.69) is 10.3 Å². The third kappa shape index (κ3) is 6.81. The summed E-state index contributed by atoms with van der Waals surface area (Å²) in [6, 6.07) is 16.1. The van der Waals surface area contributed by atoms with Crippen molar-refractivity contribution in [3.8, 4) is 0 Å². The fourth-order valence-corrected chi connectivity index (χ4v) is 2.66. The molecule has 0 unspecified atom stereocenters. The average Bonchev–Trinajstić information content (AvgIpc) is 2.64. The zero-order valence-electron chi connectivity index (χ0n) is 15.0. The molecule has 0 saturated carbocycles. The van der Waals surface area contributed by atoms with Gasteiger partial charge in [-0.25, -0.2) is 4.79 Å². The Balaban J connectivity index is 1.99. The highest BCUT2D eigenvalue weighted by Gasteiger charge is 2.20. The number of nitrogens with one attached hydrogen (secondary N) is 1. The van der Waals surface area contributed by atoms with E-state index in [0.29, 0.717) is 24.9 Å². The standard InChI is InChI=1S/C20H24N4O3/c21-20(22)23-11-5-10-17(19(26)27)24-18(25)16-9-4-8-15(13-16)12-14-6-2-1-3-7-14/h1-4,6-9,13,17H,5,10-12H2,(H,24,25)(H,26,27)(H4,21,22,23)/t17-/m0/s1. The maximum absolute atomic E-state index is 12.5. The Bertz CT molecular complexity index is 802. The van der Waals surface area contributed by atoms with Gasteiger partial charge < -0.3 is 21.9 Å². The van der Waals surface area contributed by atoms with Gasteiger partial charge in [0.25, 0.3) is 5.91 Å². The van der Waals surface area contributed by atoms with Crippen molar-refractivity contribution in [2.75, 3.05) is 6.54 Å². The molecule has 7 nitrogen and oxygen atoms in total. The lowest BCUT2D eigenvalue weighted by molar-refractivity contribution is -0.139. The molecule has 0 fully saturated rings. The molecule has 6 N–H and O–H groups in total. The first-order valence-corrected chi connectivity index (χ1v) is 8.67. The average molecular weight is 368 g/mol. The van der Waals surface area contributed by atoms with E-state index in [0.717, 1.165) is 11.1 Å². The summed E-state index contributed by atoms with van der Waals surface area (Å²) < 4.78 is 0. The molecular weight excluding hydrogens is 344 g/mol. The number of benzene rings is 2. The van der Waals surface area contributed by atoms with Crippen LogP contribution in [0.2, 0.25) is 0 Å². The third-order valence-electron chi connectivity index (χ3n) is 3.99. The molecule has 142 valence electrons. The molecular formula is C20H24N4O3. The first kappa shape index (κ1) is 20.0. The van der Waals surface area contributed by atoms with Crippen molar-refractivity contribution in [1.29, 1.82) is 0 Å². The molecule has 7 heteroatoms. The predicted molar refractivity (Wildman–Crippen MR) is 104 cm³/mol. The second-order valence-electron chi connectivity index (χ2n) is 6.18. The minimum atomic E-state index is -1.09. The fourth-order valence-electron chi connectivity index (χ4n) is 2.66. The number of nitrogens with zero attached hydrogens (tertiary/aromatic N) is 1. The van der Waals surface area contributed by atoms with Crippen LogP contribution in [0.3, 0.4) is 0 Å². The molecule has 0 radical (unpaired) electrons. The predicted octanol–water partition coefficient (Wildman–Crippen LogP) is 1.51. The van der Waals surface area contributed by atoms with E-state index in [9.17, 15) is 14.7 Å². The van der Waals surface area contributed by atoms with E-state index < -0.39 is 17.9 Å². The van der Waals surface area contributed by atoms with Crippen LogP contribution in [-0.2, 0) is 11.2 Å². The summed E-state index contributed by atoms with van der Waals surface area (Å²) in [5.74, 6) is -1.55. The minimum Gasteiger partial charge on any atom is -0.480 e. The van der Waals surface area contributed by atoms with Crippen LogP contribution in [0.4, 0.5) is 0 Å². The molecule has 0 heterocycles. The summed E-state index contributed by atoms with van der Waals surface area (Å²) in [5, 5.41) is 11.9. The van der Waals surface area contributed by atoms with Crippen molar-refractivity contribution < 1.29 is 14.7 Å². The van der Waals surface area contributed by atoms with E-state index in [1.807, 2.05) is 36.4 Å².